The first-order valence-electron chi connectivity index (χ1n) is 5.32. The summed E-state index contributed by atoms with van der Waals surface area (Å²) in [5, 5.41) is 10.8. The lowest BCUT2D eigenvalue weighted by Crippen LogP contribution is -2.33. The Labute approximate surface area is 99.9 Å². The second kappa shape index (κ2) is 8.13. The van der Waals surface area contributed by atoms with Gasteiger partial charge >= 0.3 is 0 Å². The number of H-pyrrole nitrogens is 1. The molecule has 7 heteroatoms. The van der Waals surface area contributed by atoms with Crippen molar-refractivity contribution in [2.75, 3.05) is 13.7 Å². The van der Waals surface area contributed by atoms with E-state index in [0.717, 1.165) is 25.0 Å². The van der Waals surface area contributed by atoms with Crippen molar-refractivity contribution in [2.24, 2.45) is 4.99 Å². The number of unbranched alkanes of at least 4 members (excludes halogenated alkanes) is 1. The van der Waals surface area contributed by atoms with E-state index in [4.69, 9.17) is 5.26 Å². The summed E-state index contributed by atoms with van der Waals surface area (Å²) in [7, 11) is 1.47. The molecular weight excluding hydrogens is 220 g/mol. The zero-order chi connectivity index (χ0) is 12.3. The number of hydrogen-bond donors (Lipinski definition) is 3. The molecule has 0 amide bonds. The van der Waals surface area contributed by atoms with Crippen molar-refractivity contribution in [1.82, 2.24) is 20.8 Å². The third-order valence-corrected chi connectivity index (χ3v) is 2.05. The molecule has 1 rings (SSSR count). The second-order valence-corrected chi connectivity index (χ2v) is 3.31. The number of imidazole rings is 1. The number of hydroxylamine groups is 1. The van der Waals surface area contributed by atoms with E-state index < -0.39 is 0 Å². The average Bonchev–Trinajstić information content (AvgIpc) is 2.82. The van der Waals surface area contributed by atoms with Gasteiger partial charge < -0.3 is 4.98 Å². The van der Waals surface area contributed by atoms with Crippen LogP contribution in [0.2, 0.25) is 0 Å². The summed E-state index contributed by atoms with van der Waals surface area (Å²) in [5.74, 6) is 0.330. The quantitative estimate of drug-likeness (QED) is 0.165. The number of aliphatic imine (C=N–C) groups is 1. The Balaban J connectivity index is 2.16. The summed E-state index contributed by atoms with van der Waals surface area (Å²) in [5.41, 5.74) is 3.61. The standard InChI is InChI=1S/C10H16N6O/c1-17-16-10(14-7-11)13-5-3-2-4-9-6-12-8-15-9/h6,8H,2-5H2,1H3,(H,12,15)(H2,13,14,16). The molecule has 92 valence electrons. The van der Waals surface area contributed by atoms with Crippen molar-refractivity contribution in [3.63, 3.8) is 0 Å². The Morgan fingerprint density at radius 1 is 1.65 bits per heavy atom. The van der Waals surface area contributed by atoms with Crippen LogP contribution in [0.15, 0.2) is 17.5 Å². The predicted octanol–water partition coefficient (Wildman–Crippen LogP) is 0.310. The highest BCUT2D eigenvalue weighted by molar-refractivity contribution is 5.80. The van der Waals surface area contributed by atoms with Gasteiger partial charge in [0.1, 0.15) is 0 Å². The van der Waals surface area contributed by atoms with E-state index in [1.54, 1.807) is 12.5 Å². The summed E-state index contributed by atoms with van der Waals surface area (Å²) >= 11 is 0. The molecule has 0 bridgehead atoms. The van der Waals surface area contributed by atoms with Gasteiger partial charge in [0.05, 0.1) is 13.4 Å². The highest BCUT2D eigenvalue weighted by atomic mass is 16.6. The minimum Gasteiger partial charge on any atom is -0.348 e. The van der Waals surface area contributed by atoms with E-state index in [2.05, 4.69) is 30.6 Å². The Morgan fingerprint density at radius 2 is 2.53 bits per heavy atom. The van der Waals surface area contributed by atoms with Gasteiger partial charge in [-0.15, -0.1) is 0 Å². The van der Waals surface area contributed by atoms with Gasteiger partial charge in [-0.3, -0.25) is 15.1 Å². The van der Waals surface area contributed by atoms with Crippen LogP contribution >= 0.6 is 0 Å². The maximum atomic E-state index is 8.44. The average molecular weight is 236 g/mol. The third-order valence-electron chi connectivity index (χ3n) is 2.05. The number of nitrogens with one attached hydrogen (secondary N) is 3. The van der Waals surface area contributed by atoms with Crippen LogP contribution < -0.4 is 10.8 Å². The predicted molar refractivity (Wildman–Crippen MR) is 62.7 cm³/mol. The maximum Gasteiger partial charge on any atom is 0.229 e. The molecule has 3 N–H and O–H groups in total. The first-order chi connectivity index (χ1) is 8.36. The van der Waals surface area contributed by atoms with Gasteiger partial charge in [-0.2, -0.15) is 5.26 Å². The first kappa shape index (κ1) is 13.0. The first-order valence-corrected chi connectivity index (χ1v) is 5.32. The monoisotopic (exact) mass is 236 g/mol. The fourth-order valence-corrected chi connectivity index (χ4v) is 1.29. The number of guanidine groups is 1. The molecule has 0 saturated carbocycles. The number of rotatable bonds is 6. The van der Waals surface area contributed by atoms with Crippen LogP contribution in [0.5, 0.6) is 0 Å². The van der Waals surface area contributed by atoms with Crippen LogP contribution in [-0.4, -0.2) is 29.6 Å². The summed E-state index contributed by atoms with van der Waals surface area (Å²) < 4.78 is 0. The number of aryl methyl sites for hydroxylation is 1. The van der Waals surface area contributed by atoms with Gasteiger partial charge in [-0.1, -0.05) is 0 Å². The van der Waals surface area contributed by atoms with Gasteiger partial charge in [0, 0.05) is 18.4 Å². The molecule has 0 radical (unpaired) electrons. The van der Waals surface area contributed by atoms with Crippen LogP contribution in [0.3, 0.4) is 0 Å². The van der Waals surface area contributed by atoms with Crippen LogP contribution in [0.4, 0.5) is 0 Å². The minimum atomic E-state index is 0.330. The fraction of sp³-hybridized carbons (Fsp3) is 0.500. The van der Waals surface area contributed by atoms with Gasteiger partial charge in [0.2, 0.25) is 5.96 Å². The van der Waals surface area contributed by atoms with E-state index in [0.29, 0.717) is 12.5 Å². The molecule has 7 nitrogen and oxygen atoms in total. The molecule has 0 fully saturated rings. The number of hydrogen-bond acceptors (Lipinski definition) is 4. The SMILES string of the molecule is CONC(=NCCCCc1cnc[nH]1)NC#N. The molecular formula is C10H16N6O. The van der Waals surface area contributed by atoms with E-state index in [9.17, 15) is 0 Å². The van der Waals surface area contributed by atoms with E-state index in [1.165, 1.54) is 7.11 Å². The smallest absolute Gasteiger partial charge is 0.229 e. The normalized spacial score (nSPS) is 10.9. The molecule has 0 aromatic carbocycles. The van der Waals surface area contributed by atoms with Gasteiger partial charge in [-0.25, -0.2) is 10.5 Å². The number of nitrogens with zero attached hydrogens (tertiary/aromatic N) is 3. The molecule has 1 aromatic heterocycles. The van der Waals surface area contributed by atoms with Gasteiger partial charge in [0.15, 0.2) is 6.19 Å². The third kappa shape index (κ3) is 5.53. The molecule has 0 aliphatic rings. The molecule has 0 aliphatic heterocycles. The molecule has 0 atom stereocenters. The van der Waals surface area contributed by atoms with Crippen molar-refractivity contribution < 1.29 is 4.84 Å². The molecule has 17 heavy (non-hydrogen) atoms. The number of aromatic amines is 1. The van der Waals surface area contributed by atoms with Crippen molar-refractivity contribution in [3.05, 3.63) is 18.2 Å². The van der Waals surface area contributed by atoms with Crippen molar-refractivity contribution >= 4 is 5.96 Å². The molecule has 0 spiro atoms. The van der Waals surface area contributed by atoms with Gasteiger partial charge in [-0.05, 0) is 19.3 Å². The van der Waals surface area contributed by atoms with Gasteiger partial charge in [0.25, 0.3) is 0 Å². The lowest BCUT2D eigenvalue weighted by atomic mass is 10.2. The number of aromatic nitrogens is 2. The maximum absolute atomic E-state index is 8.44. The Morgan fingerprint density at radius 3 is 3.18 bits per heavy atom. The Bertz CT molecular complexity index is 367. The van der Waals surface area contributed by atoms with Crippen molar-refractivity contribution in [2.45, 2.75) is 19.3 Å². The summed E-state index contributed by atoms with van der Waals surface area (Å²) in [4.78, 5) is 15.8. The minimum absolute atomic E-state index is 0.330. The van der Waals surface area contributed by atoms with E-state index in [1.807, 2.05) is 6.20 Å². The molecule has 0 unspecified atom stereocenters. The Kier molecular flexibility index (Phi) is 6.21. The lowest BCUT2D eigenvalue weighted by molar-refractivity contribution is 0.142. The molecule has 0 aliphatic carbocycles. The van der Waals surface area contributed by atoms with Crippen molar-refractivity contribution in [1.29, 1.82) is 5.26 Å². The van der Waals surface area contributed by atoms with E-state index in [-0.39, 0.29) is 0 Å². The molecule has 1 heterocycles. The second-order valence-electron chi connectivity index (χ2n) is 3.31. The molecule has 0 saturated heterocycles. The zero-order valence-corrected chi connectivity index (χ0v) is 9.73. The van der Waals surface area contributed by atoms with Crippen LogP contribution in [0.1, 0.15) is 18.5 Å². The highest BCUT2D eigenvalue weighted by Crippen LogP contribution is 2.00. The fourth-order valence-electron chi connectivity index (χ4n) is 1.29. The largest absolute Gasteiger partial charge is 0.348 e. The number of nitriles is 1. The summed E-state index contributed by atoms with van der Waals surface area (Å²) in [6, 6.07) is 0. The van der Waals surface area contributed by atoms with Crippen molar-refractivity contribution in [3.8, 4) is 6.19 Å². The van der Waals surface area contributed by atoms with Crippen LogP contribution in [0, 0.1) is 11.5 Å². The summed E-state index contributed by atoms with van der Waals surface area (Å²) in [6.07, 6.45) is 8.17. The lowest BCUT2D eigenvalue weighted by Gasteiger charge is -2.04. The van der Waals surface area contributed by atoms with Crippen LogP contribution in [0.25, 0.3) is 0 Å². The van der Waals surface area contributed by atoms with Crippen LogP contribution in [-0.2, 0) is 11.3 Å². The highest BCUT2D eigenvalue weighted by Gasteiger charge is 1.96. The topological polar surface area (TPSA) is 98.1 Å². The molecule has 1 aromatic rings. The van der Waals surface area contributed by atoms with E-state index >= 15 is 0 Å². The Hall–Kier alpha value is -2.07. The zero-order valence-electron chi connectivity index (χ0n) is 9.73. The summed E-state index contributed by atoms with van der Waals surface area (Å²) in [6.45, 7) is 0.633.